The van der Waals surface area contributed by atoms with E-state index in [9.17, 15) is 13.2 Å². The fourth-order valence-electron chi connectivity index (χ4n) is 3.32. The maximum atomic E-state index is 12.7. The molecule has 2 aliphatic heterocycles. The van der Waals surface area contributed by atoms with Gasteiger partial charge in [0.25, 0.3) is 5.91 Å². The van der Waals surface area contributed by atoms with Crippen molar-refractivity contribution >= 4 is 15.9 Å². The number of hydrogen-bond donors (Lipinski definition) is 1. The third kappa shape index (κ3) is 4.59. The number of sulfonamides is 1. The zero-order valence-electron chi connectivity index (χ0n) is 14.4. The molecule has 1 amide bonds. The first-order valence-corrected chi connectivity index (χ1v) is 10.5. The van der Waals surface area contributed by atoms with Crippen LogP contribution >= 0.6 is 0 Å². The Kier molecular flexibility index (Phi) is 6.09. The van der Waals surface area contributed by atoms with E-state index in [4.69, 9.17) is 4.74 Å². The molecule has 0 bridgehead atoms. The summed E-state index contributed by atoms with van der Waals surface area (Å²) >= 11 is 0. The minimum Gasteiger partial charge on any atom is -0.376 e. The van der Waals surface area contributed by atoms with E-state index in [1.54, 1.807) is 16.4 Å². The van der Waals surface area contributed by atoms with Gasteiger partial charge in [-0.15, -0.1) is 0 Å². The summed E-state index contributed by atoms with van der Waals surface area (Å²) in [6.45, 7) is 2.40. The molecule has 1 atom stereocenters. The Morgan fingerprint density at radius 1 is 1.08 bits per heavy atom. The lowest BCUT2D eigenvalue weighted by Gasteiger charge is -2.20. The molecular formula is C18H26N2O4S. The van der Waals surface area contributed by atoms with E-state index in [0.29, 0.717) is 25.2 Å². The Morgan fingerprint density at radius 2 is 1.76 bits per heavy atom. The molecule has 2 saturated heterocycles. The van der Waals surface area contributed by atoms with Crippen LogP contribution in [0.25, 0.3) is 0 Å². The smallest absolute Gasteiger partial charge is 0.251 e. The molecule has 6 nitrogen and oxygen atoms in total. The Hall–Kier alpha value is -1.44. The zero-order valence-corrected chi connectivity index (χ0v) is 15.3. The Morgan fingerprint density at radius 3 is 2.36 bits per heavy atom. The number of ether oxygens (including phenoxy) is 1. The monoisotopic (exact) mass is 366 g/mol. The number of carbonyl (C=O) groups excluding carboxylic acids is 1. The third-order valence-corrected chi connectivity index (χ3v) is 6.75. The molecule has 2 aliphatic rings. The normalized spacial score (nSPS) is 22.5. The van der Waals surface area contributed by atoms with Crippen molar-refractivity contribution in [1.29, 1.82) is 0 Å². The van der Waals surface area contributed by atoms with E-state index < -0.39 is 10.0 Å². The van der Waals surface area contributed by atoms with Crippen LogP contribution in [0.3, 0.4) is 0 Å². The van der Waals surface area contributed by atoms with Crippen LogP contribution in [0.2, 0.25) is 0 Å². The number of carbonyl (C=O) groups is 1. The van der Waals surface area contributed by atoms with E-state index in [0.717, 1.165) is 45.1 Å². The summed E-state index contributed by atoms with van der Waals surface area (Å²) in [5, 5.41) is 2.85. The number of benzene rings is 1. The summed E-state index contributed by atoms with van der Waals surface area (Å²) in [5.74, 6) is -0.200. The van der Waals surface area contributed by atoms with Gasteiger partial charge in [0.2, 0.25) is 10.0 Å². The summed E-state index contributed by atoms with van der Waals surface area (Å²) in [5.41, 5.74) is 0.466. The molecule has 7 heteroatoms. The van der Waals surface area contributed by atoms with Gasteiger partial charge in [0.1, 0.15) is 0 Å². The van der Waals surface area contributed by atoms with Gasteiger partial charge in [-0.05, 0) is 49.9 Å². The Bertz CT molecular complexity index is 674. The topological polar surface area (TPSA) is 75.7 Å². The molecule has 0 saturated carbocycles. The molecule has 0 radical (unpaired) electrons. The average Bonchev–Trinajstić information content (AvgIpc) is 2.99. The van der Waals surface area contributed by atoms with Crippen molar-refractivity contribution in [3.05, 3.63) is 29.8 Å². The van der Waals surface area contributed by atoms with Crippen molar-refractivity contribution < 1.29 is 17.9 Å². The molecule has 25 heavy (non-hydrogen) atoms. The summed E-state index contributed by atoms with van der Waals surface area (Å²) in [4.78, 5) is 12.4. The van der Waals surface area contributed by atoms with Crippen molar-refractivity contribution in [3.63, 3.8) is 0 Å². The van der Waals surface area contributed by atoms with Crippen molar-refractivity contribution in [2.24, 2.45) is 0 Å². The number of nitrogens with one attached hydrogen (secondary N) is 1. The van der Waals surface area contributed by atoms with E-state index in [1.807, 2.05) is 0 Å². The summed E-state index contributed by atoms with van der Waals surface area (Å²) in [6, 6.07) is 6.22. The molecule has 1 aromatic carbocycles. The van der Waals surface area contributed by atoms with Crippen molar-refractivity contribution in [2.75, 3.05) is 26.2 Å². The van der Waals surface area contributed by atoms with Gasteiger partial charge < -0.3 is 10.1 Å². The SMILES string of the molecule is O=C(NC[C@@H]1CCCO1)c1ccc(S(=O)(=O)N2CCCCCC2)cc1. The first kappa shape index (κ1) is 18.4. The lowest BCUT2D eigenvalue weighted by Crippen LogP contribution is -2.32. The van der Waals surface area contributed by atoms with Gasteiger partial charge in [-0.1, -0.05) is 12.8 Å². The van der Waals surface area contributed by atoms with Crippen molar-refractivity contribution in [1.82, 2.24) is 9.62 Å². The van der Waals surface area contributed by atoms with Crippen LogP contribution in [0.1, 0.15) is 48.9 Å². The van der Waals surface area contributed by atoms with Crippen LogP contribution in [0, 0.1) is 0 Å². The van der Waals surface area contributed by atoms with Crippen molar-refractivity contribution in [3.8, 4) is 0 Å². The van der Waals surface area contributed by atoms with Gasteiger partial charge >= 0.3 is 0 Å². The highest BCUT2D eigenvalue weighted by atomic mass is 32.2. The summed E-state index contributed by atoms with van der Waals surface area (Å²) in [7, 11) is -3.47. The number of nitrogens with zero attached hydrogens (tertiary/aromatic N) is 1. The molecule has 2 fully saturated rings. The molecule has 0 spiro atoms. The predicted molar refractivity (Wildman–Crippen MR) is 95.0 cm³/mol. The summed E-state index contributed by atoms with van der Waals surface area (Å²) < 4.78 is 32.5. The number of rotatable bonds is 5. The molecule has 3 rings (SSSR count). The highest BCUT2D eigenvalue weighted by molar-refractivity contribution is 7.89. The highest BCUT2D eigenvalue weighted by Gasteiger charge is 2.25. The first-order valence-electron chi connectivity index (χ1n) is 9.07. The number of hydrogen-bond acceptors (Lipinski definition) is 4. The molecule has 1 aromatic rings. The second-order valence-electron chi connectivity index (χ2n) is 6.69. The zero-order chi connectivity index (χ0) is 17.7. The Labute approximate surface area is 149 Å². The van der Waals surface area contributed by atoms with Crippen LogP contribution in [-0.2, 0) is 14.8 Å². The first-order chi connectivity index (χ1) is 12.1. The van der Waals surface area contributed by atoms with E-state index >= 15 is 0 Å². The van der Waals surface area contributed by atoms with E-state index in [1.165, 1.54) is 12.1 Å². The molecule has 1 N–H and O–H groups in total. The van der Waals surface area contributed by atoms with Crippen molar-refractivity contribution in [2.45, 2.75) is 49.5 Å². The van der Waals surface area contributed by atoms with Gasteiger partial charge in [0.05, 0.1) is 11.0 Å². The van der Waals surface area contributed by atoms with Crippen LogP contribution < -0.4 is 5.32 Å². The van der Waals surface area contributed by atoms with Crippen LogP contribution in [0.5, 0.6) is 0 Å². The lowest BCUT2D eigenvalue weighted by atomic mass is 10.2. The second kappa shape index (κ2) is 8.29. The van der Waals surface area contributed by atoms with Crippen LogP contribution in [0.4, 0.5) is 0 Å². The van der Waals surface area contributed by atoms with Gasteiger partial charge in [0, 0.05) is 31.8 Å². The molecule has 138 valence electrons. The largest absolute Gasteiger partial charge is 0.376 e. The Balaban J connectivity index is 1.63. The van der Waals surface area contributed by atoms with Gasteiger partial charge in [-0.2, -0.15) is 4.31 Å². The predicted octanol–water partition coefficient (Wildman–Crippen LogP) is 2.16. The fourth-order valence-corrected chi connectivity index (χ4v) is 4.84. The second-order valence-corrected chi connectivity index (χ2v) is 8.63. The van der Waals surface area contributed by atoms with E-state index in [-0.39, 0.29) is 16.9 Å². The van der Waals surface area contributed by atoms with Gasteiger partial charge in [-0.3, -0.25) is 4.79 Å². The molecule has 0 aromatic heterocycles. The highest BCUT2D eigenvalue weighted by Crippen LogP contribution is 2.20. The van der Waals surface area contributed by atoms with E-state index in [2.05, 4.69) is 5.32 Å². The third-order valence-electron chi connectivity index (χ3n) is 4.83. The lowest BCUT2D eigenvalue weighted by molar-refractivity contribution is 0.0857. The number of amides is 1. The maximum absolute atomic E-state index is 12.7. The quantitative estimate of drug-likeness (QED) is 0.866. The molecule has 0 unspecified atom stereocenters. The summed E-state index contributed by atoms with van der Waals surface area (Å²) in [6.07, 6.45) is 6.06. The minimum atomic E-state index is -3.47. The van der Waals surface area contributed by atoms with Gasteiger partial charge in [0.15, 0.2) is 0 Å². The van der Waals surface area contributed by atoms with Gasteiger partial charge in [-0.25, -0.2) is 8.42 Å². The minimum absolute atomic E-state index is 0.0895. The maximum Gasteiger partial charge on any atom is 0.251 e. The average molecular weight is 366 g/mol. The fraction of sp³-hybridized carbons (Fsp3) is 0.611. The molecular weight excluding hydrogens is 340 g/mol. The van der Waals surface area contributed by atoms with Crippen LogP contribution in [0.15, 0.2) is 29.2 Å². The molecule has 2 heterocycles. The standard InChI is InChI=1S/C18H26N2O4S/c21-18(19-14-16-6-5-13-24-16)15-7-9-17(10-8-15)25(22,23)20-11-3-1-2-4-12-20/h7-10,16H,1-6,11-14H2,(H,19,21)/t16-/m0/s1. The molecule has 0 aliphatic carbocycles. The van der Waals surface area contributed by atoms with Crippen LogP contribution in [-0.4, -0.2) is 51.0 Å².